The molecule has 1 N–H and O–H groups in total. The second-order valence-electron chi connectivity index (χ2n) is 7.85. The van der Waals surface area contributed by atoms with E-state index in [4.69, 9.17) is 11.6 Å². The fraction of sp³-hybridized carbons (Fsp3) is 0.391. The van der Waals surface area contributed by atoms with Crippen LogP contribution >= 0.6 is 11.6 Å². The van der Waals surface area contributed by atoms with Gasteiger partial charge in [-0.1, -0.05) is 36.7 Å². The summed E-state index contributed by atoms with van der Waals surface area (Å²) in [6.07, 6.45) is 4.30. The highest BCUT2D eigenvalue weighted by Crippen LogP contribution is 2.27. The predicted octanol–water partition coefficient (Wildman–Crippen LogP) is 4.15. The van der Waals surface area contributed by atoms with Crippen molar-refractivity contribution >= 4 is 44.8 Å². The van der Waals surface area contributed by atoms with Gasteiger partial charge in [-0.25, -0.2) is 8.42 Å². The van der Waals surface area contributed by atoms with E-state index in [1.165, 1.54) is 6.07 Å². The van der Waals surface area contributed by atoms with Crippen molar-refractivity contribution in [2.24, 2.45) is 0 Å². The van der Waals surface area contributed by atoms with Crippen molar-refractivity contribution in [2.75, 3.05) is 29.0 Å². The van der Waals surface area contributed by atoms with Gasteiger partial charge < -0.3 is 10.2 Å². The number of likely N-dealkylation sites (tertiary alicyclic amines) is 1. The normalized spacial score (nSPS) is 15.2. The lowest BCUT2D eigenvalue weighted by molar-refractivity contribution is -0.117. The molecule has 0 aromatic heterocycles. The Hall–Kier alpha value is -2.58. The third-order valence-electron chi connectivity index (χ3n) is 5.45. The summed E-state index contributed by atoms with van der Waals surface area (Å²) in [5.41, 5.74) is 1.07. The highest BCUT2D eigenvalue weighted by Gasteiger charge is 2.32. The van der Waals surface area contributed by atoms with Gasteiger partial charge >= 0.3 is 0 Å². The van der Waals surface area contributed by atoms with E-state index in [0.717, 1.165) is 29.8 Å². The first-order chi connectivity index (χ1) is 15.2. The van der Waals surface area contributed by atoms with Gasteiger partial charge in [0.15, 0.2) is 0 Å². The summed E-state index contributed by atoms with van der Waals surface area (Å²) in [5, 5.41) is 3.16. The van der Waals surface area contributed by atoms with E-state index in [1.807, 2.05) is 0 Å². The molecule has 7 nitrogen and oxygen atoms in total. The van der Waals surface area contributed by atoms with Gasteiger partial charge in [-0.15, -0.1) is 0 Å². The van der Waals surface area contributed by atoms with Crippen LogP contribution in [0.4, 0.5) is 11.4 Å². The minimum Gasteiger partial charge on any atom is -0.339 e. The van der Waals surface area contributed by atoms with Crippen molar-refractivity contribution in [3.8, 4) is 0 Å². The summed E-state index contributed by atoms with van der Waals surface area (Å²) in [5.74, 6) is -0.653. The standard InChI is InChI=1S/C23H28ClN3O4S/c1-3-21(27(32(2,30)31)18-11-9-10-17(24)16-18)22(28)25-20-13-6-5-12-19(20)23(29)26-14-7-4-8-15-26/h5-6,9-13,16,21H,3-4,7-8,14-15H2,1-2H3,(H,25,28). The Bertz CT molecular complexity index is 1080. The highest BCUT2D eigenvalue weighted by molar-refractivity contribution is 7.92. The van der Waals surface area contributed by atoms with E-state index in [0.29, 0.717) is 35.1 Å². The van der Waals surface area contributed by atoms with Crippen LogP contribution in [-0.2, 0) is 14.8 Å². The molecule has 0 aliphatic carbocycles. The molecule has 32 heavy (non-hydrogen) atoms. The Balaban J connectivity index is 1.90. The second-order valence-corrected chi connectivity index (χ2v) is 10.1. The number of hydrogen-bond acceptors (Lipinski definition) is 4. The third-order valence-corrected chi connectivity index (χ3v) is 6.87. The lowest BCUT2D eigenvalue weighted by Gasteiger charge is -2.31. The Morgan fingerprint density at radius 3 is 2.41 bits per heavy atom. The maximum Gasteiger partial charge on any atom is 0.255 e. The topological polar surface area (TPSA) is 86.8 Å². The van der Waals surface area contributed by atoms with Gasteiger partial charge in [0.1, 0.15) is 6.04 Å². The van der Waals surface area contributed by atoms with Crippen LogP contribution in [0, 0.1) is 0 Å². The Morgan fingerprint density at radius 1 is 1.09 bits per heavy atom. The zero-order valence-electron chi connectivity index (χ0n) is 18.3. The van der Waals surface area contributed by atoms with Gasteiger partial charge in [0.2, 0.25) is 15.9 Å². The van der Waals surface area contributed by atoms with E-state index in [9.17, 15) is 18.0 Å². The van der Waals surface area contributed by atoms with Crippen LogP contribution in [0.1, 0.15) is 43.0 Å². The molecule has 1 fully saturated rings. The summed E-state index contributed by atoms with van der Waals surface area (Å²) in [6, 6.07) is 12.2. The molecule has 0 radical (unpaired) electrons. The number of carbonyl (C=O) groups excluding carboxylic acids is 2. The fourth-order valence-corrected chi connectivity index (χ4v) is 5.32. The predicted molar refractivity (Wildman–Crippen MR) is 128 cm³/mol. The van der Waals surface area contributed by atoms with E-state index >= 15 is 0 Å². The van der Waals surface area contributed by atoms with Crippen LogP contribution in [0.5, 0.6) is 0 Å². The molecular weight excluding hydrogens is 450 g/mol. The highest BCUT2D eigenvalue weighted by atomic mass is 35.5. The molecular formula is C23H28ClN3O4S. The van der Waals surface area contributed by atoms with Crippen LogP contribution in [-0.4, -0.2) is 50.5 Å². The molecule has 1 unspecified atom stereocenters. The molecule has 1 aliphatic heterocycles. The quantitative estimate of drug-likeness (QED) is 0.649. The first-order valence-electron chi connectivity index (χ1n) is 10.7. The van der Waals surface area contributed by atoms with E-state index < -0.39 is 22.0 Å². The monoisotopic (exact) mass is 477 g/mol. The number of piperidine rings is 1. The van der Waals surface area contributed by atoms with Crippen LogP contribution < -0.4 is 9.62 Å². The summed E-state index contributed by atoms with van der Waals surface area (Å²) < 4.78 is 26.3. The number of halogens is 1. The number of nitrogens with zero attached hydrogens (tertiary/aromatic N) is 2. The second kappa shape index (κ2) is 10.4. The lowest BCUT2D eigenvalue weighted by Crippen LogP contribution is -2.47. The van der Waals surface area contributed by atoms with E-state index in [-0.39, 0.29) is 12.3 Å². The molecule has 2 aromatic carbocycles. The summed E-state index contributed by atoms with van der Waals surface area (Å²) in [7, 11) is -3.79. The van der Waals surface area contributed by atoms with Crippen LogP contribution in [0.2, 0.25) is 5.02 Å². The number of anilines is 2. The van der Waals surface area contributed by atoms with Crippen LogP contribution in [0.3, 0.4) is 0 Å². The maximum atomic E-state index is 13.3. The molecule has 0 saturated carbocycles. The molecule has 1 aliphatic rings. The Kier molecular flexibility index (Phi) is 7.79. The average Bonchev–Trinajstić information content (AvgIpc) is 2.77. The molecule has 1 heterocycles. The fourth-order valence-electron chi connectivity index (χ4n) is 3.94. The summed E-state index contributed by atoms with van der Waals surface area (Å²) >= 11 is 6.06. The molecule has 2 aromatic rings. The van der Waals surface area contributed by atoms with E-state index in [2.05, 4.69) is 5.32 Å². The molecule has 3 rings (SSSR count). The summed E-state index contributed by atoms with van der Waals surface area (Å²) in [4.78, 5) is 28.1. The van der Waals surface area contributed by atoms with Gasteiger partial charge in [0.05, 0.1) is 23.2 Å². The zero-order chi connectivity index (χ0) is 23.3. The van der Waals surface area contributed by atoms with Crippen molar-refractivity contribution in [1.29, 1.82) is 0 Å². The SMILES string of the molecule is CCC(C(=O)Nc1ccccc1C(=O)N1CCCCC1)N(c1cccc(Cl)c1)S(C)(=O)=O. The largest absolute Gasteiger partial charge is 0.339 e. The first kappa shape index (κ1) is 24.1. The Morgan fingerprint density at radius 2 is 1.78 bits per heavy atom. The smallest absolute Gasteiger partial charge is 0.255 e. The van der Waals surface area contributed by atoms with Crippen molar-refractivity contribution in [3.05, 3.63) is 59.1 Å². The zero-order valence-corrected chi connectivity index (χ0v) is 19.8. The number of carbonyl (C=O) groups is 2. The van der Waals surface area contributed by atoms with Gasteiger partial charge in [-0.05, 0) is 56.0 Å². The number of amides is 2. The molecule has 9 heteroatoms. The minimum absolute atomic E-state index is 0.136. The average molecular weight is 478 g/mol. The number of hydrogen-bond donors (Lipinski definition) is 1. The third kappa shape index (κ3) is 5.61. The van der Waals surface area contributed by atoms with Crippen molar-refractivity contribution in [1.82, 2.24) is 4.90 Å². The van der Waals surface area contributed by atoms with Crippen LogP contribution in [0.25, 0.3) is 0 Å². The van der Waals surface area contributed by atoms with Gasteiger partial charge in [0, 0.05) is 18.1 Å². The minimum atomic E-state index is -3.79. The number of para-hydroxylation sites is 1. The van der Waals surface area contributed by atoms with Gasteiger partial charge in [0.25, 0.3) is 5.91 Å². The number of nitrogens with one attached hydrogen (secondary N) is 1. The Labute approximate surface area is 194 Å². The van der Waals surface area contributed by atoms with Gasteiger partial charge in [-0.2, -0.15) is 0 Å². The summed E-state index contributed by atoms with van der Waals surface area (Å²) in [6.45, 7) is 3.11. The first-order valence-corrected chi connectivity index (χ1v) is 12.9. The van der Waals surface area contributed by atoms with Crippen molar-refractivity contribution < 1.29 is 18.0 Å². The van der Waals surface area contributed by atoms with Crippen LogP contribution in [0.15, 0.2) is 48.5 Å². The van der Waals surface area contributed by atoms with Gasteiger partial charge in [-0.3, -0.25) is 13.9 Å². The molecule has 1 saturated heterocycles. The number of benzene rings is 2. The maximum absolute atomic E-state index is 13.3. The van der Waals surface area contributed by atoms with Crippen molar-refractivity contribution in [3.63, 3.8) is 0 Å². The van der Waals surface area contributed by atoms with E-state index in [1.54, 1.807) is 54.3 Å². The van der Waals surface area contributed by atoms with Crippen molar-refractivity contribution in [2.45, 2.75) is 38.6 Å². The molecule has 172 valence electrons. The molecule has 2 amide bonds. The molecule has 1 atom stereocenters. The number of rotatable bonds is 7. The number of sulfonamides is 1. The lowest BCUT2D eigenvalue weighted by atomic mass is 10.1. The molecule has 0 bridgehead atoms. The molecule has 0 spiro atoms.